The summed E-state index contributed by atoms with van der Waals surface area (Å²) < 4.78 is 0. The minimum atomic E-state index is 0.412. The summed E-state index contributed by atoms with van der Waals surface area (Å²) in [5, 5.41) is 5.20. The number of amidine groups is 1. The number of fused-ring (bicyclic) bond motifs is 1. The van der Waals surface area contributed by atoms with Crippen molar-refractivity contribution in [2.75, 3.05) is 18.4 Å². The molecule has 1 aromatic heterocycles. The van der Waals surface area contributed by atoms with Crippen LogP contribution in [-0.2, 0) is 0 Å². The first kappa shape index (κ1) is 17.2. The SMILES string of the molecule is CC(=NC1CCN(C(C)C)CC1)Nc1ccnc2cc(Cl)ccc12. The molecule has 0 unspecified atom stereocenters. The maximum atomic E-state index is 6.05. The first-order chi connectivity index (χ1) is 11.5. The number of rotatable bonds is 3. The van der Waals surface area contributed by atoms with Gasteiger partial charge in [-0.2, -0.15) is 0 Å². The molecule has 1 saturated heterocycles. The fourth-order valence-corrected chi connectivity index (χ4v) is 3.43. The zero-order valence-electron chi connectivity index (χ0n) is 14.6. The van der Waals surface area contributed by atoms with E-state index in [0.717, 1.165) is 48.4 Å². The number of hydrogen-bond acceptors (Lipinski definition) is 3. The van der Waals surface area contributed by atoms with Crippen molar-refractivity contribution in [2.45, 2.75) is 45.7 Å². The number of piperidine rings is 1. The van der Waals surface area contributed by atoms with E-state index in [9.17, 15) is 0 Å². The van der Waals surface area contributed by atoms with Crippen molar-refractivity contribution in [3.63, 3.8) is 0 Å². The summed E-state index contributed by atoms with van der Waals surface area (Å²) in [6, 6.07) is 8.80. The molecule has 1 aliphatic heterocycles. The van der Waals surface area contributed by atoms with Gasteiger partial charge in [-0.05, 0) is 57.9 Å². The summed E-state index contributed by atoms with van der Waals surface area (Å²) >= 11 is 6.05. The highest BCUT2D eigenvalue weighted by molar-refractivity contribution is 6.31. The second-order valence-electron chi connectivity index (χ2n) is 6.72. The van der Waals surface area contributed by atoms with Gasteiger partial charge in [-0.3, -0.25) is 9.98 Å². The first-order valence-corrected chi connectivity index (χ1v) is 9.00. The van der Waals surface area contributed by atoms with Crippen molar-refractivity contribution in [3.05, 3.63) is 35.5 Å². The molecule has 1 fully saturated rings. The zero-order chi connectivity index (χ0) is 17.1. The number of pyridine rings is 1. The van der Waals surface area contributed by atoms with Crippen molar-refractivity contribution in [1.29, 1.82) is 0 Å². The molecule has 1 aliphatic rings. The topological polar surface area (TPSA) is 40.5 Å². The highest BCUT2D eigenvalue weighted by Crippen LogP contribution is 2.24. The molecular weight excluding hydrogens is 320 g/mol. The van der Waals surface area contributed by atoms with Crippen molar-refractivity contribution in [1.82, 2.24) is 9.88 Å². The van der Waals surface area contributed by atoms with E-state index >= 15 is 0 Å². The smallest absolute Gasteiger partial charge is 0.0979 e. The van der Waals surface area contributed by atoms with Crippen LogP contribution in [0.2, 0.25) is 5.02 Å². The summed E-state index contributed by atoms with van der Waals surface area (Å²) in [5.74, 6) is 0.959. The van der Waals surface area contributed by atoms with Gasteiger partial charge in [0.25, 0.3) is 0 Å². The summed E-state index contributed by atoms with van der Waals surface area (Å²) in [7, 11) is 0. The number of benzene rings is 1. The summed E-state index contributed by atoms with van der Waals surface area (Å²) in [4.78, 5) is 11.8. The van der Waals surface area contributed by atoms with Gasteiger partial charge in [0, 0.05) is 35.7 Å². The van der Waals surface area contributed by atoms with Crippen molar-refractivity contribution >= 4 is 34.0 Å². The average Bonchev–Trinajstić information content (AvgIpc) is 2.55. The zero-order valence-corrected chi connectivity index (χ0v) is 15.3. The van der Waals surface area contributed by atoms with Gasteiger partial charge >= 0.3 is 0 Å². The van der Waals surface area contributed by atoms with Gasteiger partial charge in [-0.15, -0.1) is 0 Å². The third kappa shape index (κ3) is 4.05. The number of anilines is 1. The van der Waals surface area contributed by atoms with E-state index in [-0.39, 0.29) is 0 Å². The van der Waals surface area contributed by atoms with Crippen LogP contribution in [0, 0.1) is 0 Å². The van der Waals surface area contributed by atoms with Gasteiger partial charge < -0.3 is 10.2 Å². The normalized spacial score (nSPS) is 17.6. The van der Waals surface area contributed by atoms with Gasteiger partial charge in [0.05, 0.1) is 23.1 Å². The van der Waals surface area contributed by atoms with Crippen LogP contribution in [0.15, 0.2) is 35.5 Å². The maximum absolute atomic E-state index is 6.05. The second kappa shape index (κ2) is 7.49. The van der Waals surface area contributed by atoms with E-state index in [4.69, 9.17) is 16.6 Å². The minimum Gasteiger partial charge on any atom is -0.344 e. The van der Waals surface area contributed by atoms with E-state index in [1.807, 2.05) is 31.2 Å². The summed E-state index contributed by atoms with van der Waals surface area (Å²) in [6.45, 7) is 8.83. The van der Waals surface area contributed by atoms with Crippen LogP contribution in [0.5, 0.6) is 0 Å². The van der Waals surface area contributed by atoms with E-state index in [0.29, 0.717) is 17.1 Å². The first-order valence-electron chi connectivity index (χ1n) is 8.62. The molecule has 0 bridgehead atoms. The van der Waals surface area contributed by atoms with Crippen LogP contribution in [-0.4, -0.2) is 40.9 Å². The van der Waals surface area contributed by atoms with Gasteiger partial charge in [0.2, 0.25) is 0 Å². The monoisotopic (exact) mass is 344 g/mol. The lowest BCUT2D eigenvalue weighted by Crippen LogP contribution is -2.40. The lowest BCUT2D eigenvalue weighted by Gasteiger charge is -2.33. The Morgan fingerprint density at radius 2 is 2.04 bits per heavy atom. The third-order valence-corrected chi connectivity index (χ3v) is 4.86. The number of aromatic nitrogens is 1. The molecule has 0 amide bonds. The fraction of sp³-hybridized carbons (Fsp3) is 0.474. The van der Waals surface area contributed by atoms with E-state index in [2.05, 4.69) is 29.0 Å². The molecule has 5 heteroatoms. The third-order valence-electron chi connectivity index (χ3n) is 4.63. The van der Waals surface area contributed by atoms with Crippen molar-refractivity contribution < 1.29 is 0 Å². The molecular formula is C19H25ClN4. The molecule has 4 nitrogen and oxygen atoms in total. The standard InChI is InChI=1S/C19H25ClN4/c1-13(2)24-10-7-16(8-11-24)22-14(3)23-18-6-9-21-19-12-15(20)4-5-17(18)19/h4-6,9,12-13,16H,7-8,10-11H2,1-3H3,(H,21,22,23). The van der Waals surface area contributed by atoms with Crippen LogP contribution < -0.4 is 5.32 Å². The molecule has 0 radical (unpaired) electrons. The fourth-order valence-electron chi connectivity index (χ4n) is 3.26. The number of nitrogens with zero attached hydrogens (tertiary/aromatic N) is 3. The van der Waals surface area contributed by atoms with Gasteiger partial charge in [-0.25, -0.2) is 0 Å². The summed E-state index contributed by atoms with van der Waals surface area (Å²) in [5.41, 5.74) is 1.92. The lowest BCUT2D eigenvalue weighted by molar-refractivity contribution is 0.173. The van der Waals surface area contributed by atoms with Crippen molar-refractivity contribution in [2.24, 2.45) is 4.99 Å². The Morgan fingerprint density at radius 3 is 2.75 bits per heavy atom. The van der Waals surface area contributed by atoms with E-state index in [1.165, 1.54) is 0 Å². The highest BCUT2D eigenvalue weighted by Gasteiger charge is 2.20. The number of halogens is 1. The van der Waals surface area contributed by atoms with Crippen LogP contribution >= 0.6 is 11.6 Å². The highest BCUT2D eigenvalue weighted by atomic mass is 35.5. The Bertz CT molecular complexity index is 733. The molecule has 1 aromatic carbocycles. The van der Waals surface area contributed by atoms with Gasteiger partial charge in [-0.1, -0.05) is 11.6 Å². The second-order valence-corrected chi connectivity index (χ2v) is 7.16. The van der Waals surface area contributed by atoms with E-state index in [1.54, 1.807) is 6.20 Å². The predicted octanol–water partition coefficient (Wildman–Crippen LogP) is 4.59. The quantitative estimate of drug-likeness (QED) is 0.654. The molecule has 0 atom stereocenters. The predicted molar refractivity (Wildman–Crippen MR) is 103 cm³/mol. The number of hydrogen-bond donors (Lipinski definition) is 1. The lowest BCUT2D eigenvalue weighted by atomic mass is 10.0. The number of nitrogens with one attached hydrogen (secondary N) is 1. The number of likely N-dealkylation sites (tertiary alicyclic amines) is 1. The van der Waals surface area contributed by atoms with E-state index < -0.39 is 0 Å². The molecule has 0 aliphatic carbocycles. The Balaban J connectivity index is 1.70. The minimum absolute atomic E-state index is 0.412. The Hall–Kier alpha value is -1.65. The Morgan fingerprint density at radius 1 is 1.29 bits per heavy atom. The molecule has 128 valence electrons. The van der Waals surface area contributed by atoms with Crippen LogP contribution in [0.3, 0.4) is 0 Å². The van der Waals surface area contributed by atoms with Crippen LogP contribution in [0.1, 0.15) is 33.6 Å². The molecule has 24 heavy (non-hydrogen) atoms. The maximum Gasteiger partial charge on any atom is 0.0979 e. The summed E-state index contributed by atoms with van der Waals surface area (Å²) in [6.07, 6.45) is 4.06. The molecule has 1 N–H and O–H groups in total. The van der Waals surface area contributed by atoms with Crippen molar-refractivity contribution in [3.8, 4) is 0 Å². The van der Waals surface area contributed by atoms with Gasteiger partial charge in [0.1, 0.15) is 0 Å². The van der Waals surface area contributed by atoms with Crippen LogP contribution in [0.4, 0.5) is 5.69 Å². The Labute approximate surface area is 148 Å². The largest absolute Gasteiger partial charge is 0.344 e. The Kier molecular flexibility index (Phi) is 5.36. The molecule has 0 saturated carbocycles. The van der Waals surface area contributed by atoms with Gasteiger partial charge in [0.15, 0.2) is 0 Å². The molecule has 3 rings (SSSR count). The molecule has 2 heterocycles. The molecule has 0 spiro atoms. The average molecular weight is 345 g/mol. The molecule has 2 aromatic rings. The number of aliphatic imine (C=N–C) groups is 1. The van der Waals surface area contributed by atoms with Crippen LogP contribution in [0.25, 0.3) is 10.9 Å².